The molecule has 0 spiro atoms. The third-order valence-corrected chi connectivity index (χ3v) is 7.47. The molecule has 1 aliphatic heterocycles. The number of benzene rings is 2. The highest BCUT2D eigenvalue weighted by molar-refractivity contribution is 7.92. The molecular weight excluding hydrogens is 396 g/mol. The van der Waals surface area contributed by atoms with Crippen molar-refractivity contribution < 1.29 is 13.2 Å². The predicted molar refractivity (Wildman–Crippen MR) is 114 cm³/mol. The molecular formula is C21H25ClN2O3S. The van der Waals surface area contributed by atoms with Crippen molar-refractivity contribution in [2.45, 2.75) is 38.5 Å². The second-order valence-electron chi connectivity index (χ2n) is 7.81. The third kappa shape index (κ3) is 4.03. The van der Waals surface area contributed by atoms with E-state index in [2.05, 4.69) is 5.32 Å². The van der Waals surface area contributed by atoms with Crippen molar-refractivity contribution in [3.8, 4) is 0 Å². The van der Waals surface area contributed by atoms with Crippen LogP contribution in [-0.2, 0) is 21.2 Å². The minimum absolute atomic E-state index is 0.164. The molecule has 3 rings (SSSR count). The van der Waals surface area contributed by atoms with Gasteiger partial charge in [0, 0.05) is 18.1 Å². The number of hydrogen-bond donors (Lipinski definition) is 1. The average molecular weight is 421 g/mol. The van der Waals surface area contributed by atoms with E-state index in [1.54, 1.807) is 50.2 Å². The number of carbonyl (C=O) groups is 1. The van der Waals surface area contributed by atoms with Gasteiger partial charge in [0.1, 0.15) is 0 Å². The van der Waals surface area contributed by atoms with E-state index in [-0.39, 0.29) is 16.7 Å². The van der Waals surface area contributed by atoms with Gasteiger partial charge in [-0.2, -0.15) is 0 Å². The summed E-state index contributed by atoms with van der Waals surface area (Å²) >= 11 is 5.87. The fourth-order valence-electron chi connectivity index (χ4n) is 3.09. The van der Waals surface area contributed by atoms with E-state index in [1.165, 1.54) is 4.31 Å². The van der Waals surface area contributed by atoms with Crippen LogP contribution in [0.5, 0.6) is 0 Å². The molecule has 0 radical (unpaired) electrons. The Balaban J connectivity index is 1.91. The van der Waals surface area contributed by atoms with Crippen molar-refractivity contribution in [3.63, 3.8) is 0 Å². The first-order valence-corrected chi connectivity index (χ1v) is 11.2. The van der Waals surface area contributed by atoms with Crippen LogP contribution in [0, 0.1) is 12.3 Å². The van der Waals surface area contributed by atoms with Crippen LogP contribution in [0.25, 0.3) is 0 Å². The summed E-state index contributed by atoms with van der Waals surface area (Å²) in [4.78, 5) is 12.7. The van der Waals surface area contributed by atoms with Gasteiger partial charge in [0.15, 0.2) is 0 Å². The lowest BCUT2D eigenvalue weighted by Gasteiger charge is -2.31. The Morgan fingerprint density at radius 1 is 1.18 bits per heavy atom. The number of fused-ring (bicyclic) bond motifs is 1. The van der Waals surface area contributed by atoms with Gasteiger partial charge in [-0.05, 0) is 69.5 Å². The summed E-state index contributed by atoms with van der Waals surface area (Å²) in [6.07, 6.45) is 1.49. The molecule has 0 saturated heterocycles. The lowest BCUT2D eigenvalue weighted by atomic mass is 9.95. The molecule has 1 aliphatic rings. The highest BCUT2D eigenvalue weighted by Gasteiger charge is 2.30. The fourth-order valence-corrected chi connectivity index (χ4v) is 4.75. The molecule has 0 bridgehead atoms. The van der Waals surface area contributed by atoms with Crippen LogP contribution in [0.4, 0.5) is 11.4 Å². The van der Waals surface area contributed by atoms with E-state index < -0.39 is 15.4 Å². The maximum absolute atomic E-state index is 13.1. The van der Waals surface area contributed by atoms with Crippen molar-refractivity contribution in [3.05, 3.63) is 53.6 Å². The number of sulfonamides is 1. The Morgan fingerprint density at radius 3 is 2.50 bits per heavy atom. The van der Waals surface area contributed by atoms with Gasteiger partial charge < -0.3 is 5.32 Å². The zero-order chi connectivity index (χ0) is 20.5. The predicted octanol–water partition coefficient (Wildman–Crippen LogP) is 4.34. The summed E-state index contributed by atoms with van der Waals surface area (Å²) < 4.78 is 27.7. The third-order valence-electron chi connectivity index (χ3n) is 4.97. The van der Waals surface area contributed by atoms with Gasteiger partial charge in [0.25, 0.3) is 10.0 Å². The normalized spacial score (nSPS) is 14.5. The number of alkyl halides is 1. The molecule has 0 fully saturated rings. The van der Waals surface area contributed by atoms with E-state index in [9.17, 15) is 13.2 Å². The van der Waals surface area contributed by atoms with Crippen LogP contribution in [-0.4, -0.2) is 26.7 Å². The first-order valence-electron chi connectivity index (χ1n) is 9.25. The first kappa shape index (κ1) is 20.7. The minimum atomic E-state index is -3.63. The molecule has 0 atom stereocenters. The molecule has 7 heteroatoms. The Bertz CT molecular complexity index is 985. The molecule has 2 aromatic carbocycles. The second kappa shape index (κ2) is 7.76. The van der Waals surface area contributed by atoms with E-state index in [0.29, 0.717) is 17.9 Å². The smallest absolute Gasteiger partial charge is 0.264 e. The van der Waals surface area contributed by atoms with Gasteiger partial charge in [-0.1, -0.05) is 17.7 Å². The molecule has 0 aliphatic carbocycles. The van der Waals surface area contributed by atoms with Gasteiger partial charge in [-0.15, -0.1) is 11.6 Å². The molecule has 0 aromatic heterocycles. The summed E-state index contributed by atoms with van der Waals surface area (Å²) in [5.41, 5.74) is 2.55. The van der Waals surface area contributed by atoms with Gasteiger partial charge >= 0.3 is 0 Å². The minimum Gasteiger partial charge on any atom is -0.326 e. The SMILES string of the molecule is Cc1ccc(S(=O)(=O)N2CCCc3cc(NC(=O)C(C)(C)CCl)ccc32)cc1. The number of aryl methyl sites for hydroxylation is 2. The van der Waals surface area contributed by atoms with Crippen molar-refractivity contribution in [2.24, 2.45) is 5.41 Å². The number of nitrogens with one attached hydrogen (secondary N) is 1. The average Bonchev–Trinajstić information content (AvgIpc) is 2.67. The second-order valence-corrected chi connectivity index (χ2v) is 9.94. The van der Waals surface area contributed by atoms with Crippen molar-refractivity contribution in [1.29, 1.82) is 0 Å². The number of anilines is 2. The molecule has 150 valence electrons. The van der Waals surface area contributed by atoms with Gasteiger partial charge in [0.2, 0.25) is 5.91 Å². The fraction of sp³-hybridized carbons (Fsp3) is 0.381. The van der Waals surface area contributed by atoms with Crippen LogP contribution < -0.4 is 9.62 Å². The van der Waals surface area contributed by atoms with Crippen LogP contribution in [0.2, 0.25) is 0 Å². The molecule has 28 heavy (non-hydrogen) atoms. The van der Waals surface area contributed by atoms with Gasteiger partial charge in [-0.3, -0.25) is 9.10 Å². The van der Waals surface area contributed by atoms with Gasteiger partial charge in [0.05, 0.1) is 16.0 Å². The number of carbonyl (C=O) groups excluding carboxylic acids is 1. The van der Waals surface area contributed by atoms with Crippen LogP contribution in [0.15, 0.2) is 47.4 Å². The van der Waals surface area contributed by atoms with E-state index in [1.807, 2.05) is 13.0 Å². The topological polar surface area (TPSA) is 66.5 Å². The number of halogens is 1. The van der Waals surface area contributed by atoms with E-state index >= 15 is 0 Å². The molecule has 1 N–H and O–H groups in total. The summed E-state index contributed by atoms with van der Waals surface area (Å²) in [6, 6.07) is 12.2. The molecule has 1 amide bonds. The highest BCUT2D eigenvalue weighted by atomic mass is 35.5. The summed E-state index contributed by atoms with van der Waals surface area (Å²) in [6.45, 7) is 5.93. The Morgan fingerprint density at radius 2 is 1.86 bits per heavy atom. The number of rotatable bonds is 5. The monoisotopic (exact) mass is 420 g/mol. The quantitative estimate of drug-likeness (QED) is 0.731. The van der Waals surface area contributed by atoms with E-state index in [4.69, 9.17) is 11.6 Å². The molecule has 0 unspecified atom stereocenters. The lowest BCUT2D eigenvalue weighted by molar-refractivity contribution is -0.122. The maximum atomic E-state index is 13.1. The van der Waals surface area contributed by atoms with Crippen molar-refractivity contribution in [1.82, 2.24) is 0 Å². The molecule has 2 aromatic rings. The maximum Gasteiger partial charge on any atom is 0.264 e. The zero-order valence-electron chi connectivity index (χ0n) is 16.3. The molecule has 0 saturated carbocycles. The van der Waals surface area contributed by atoms with Crippen molar-refractivity contribution >= 4 is 38.9 Å². The molecule has 1 heterocycles. The van der Waals surface area contributed by atoms with Crippen molar-refractivity contribution in [2.75, 3.05) is 22.0 Å². The summed E-state index contributed by atoms with van der Waals surface area (Å²) in [5, 5.41) is 2.88. The van der Waals surface area contributed by atoms with Crippen LogP contribution >= 0.6 is 11.6 Å². The first-order chi connectivity index (χ1) is 13.1. The number of hydrogen-bond acceptors (Lipinski definition) is 3. The van der Waals surface area contributed by atoms with E-state index in [0.717, 1.165) is 24.0 Å². The highest BCUT2D eigenvalue weighted by Crippen LogP contribution is 2.34. The van der Waals surface area contributed by atoms with Crippen LogP contribution in [0.1, 0.15) is 31.4 Å². The Kier molecular flexibility index (Phi) is 5.73. The zero-order valence-corrected chi connectivity index (χ0v) is 17.9. The van der Waals surface area contributed by atoms with Crippen LogP contribution in [0.3, 0.4) is 0 Å². The molecule has 5 nitrogen and oxygen atoms in total. The number of nitrogens with zero attached hydrogens (tertiary/aromatic N) is 1. The van der Waals surface area contributed by atoms with Gasteiger partial charge in [-0.25, -0.2) is 8.42 Å². The summed E-state index contributed by atoms with van der Waals surface area (Å²) in [5.74, 6) is 0.0502. The Hall–Kier alpha value is -2.05. The summed E-state index contributed by atoms with van der Waals surface area (Å²) in [7, 11) is -3.63. The lowest BCUT2D eigenvalue weighted by Crippen LogP contribution is -2.35. The Labute approximate surface area is 171 Å². The number of amides is 1. The standard InChI is InChI=1S/C21H25ClN2O3S/c1-15-6-9-18(10-7-15)28(26,27)24-12-4-5-16-13-17(8-11-19(16)24)23-20(25)21(2,3)14-22/h6-11,13H,4-5,12,14H2,1-3H3,(H,23,25). The largest absolute Gasteiger partial charge is 0.326 e.